The summed E-state index contributed by atoms with van der Waals surface area (Å²) in [7, 11) is 0. The van der Waals surface area contributed by atoms with Gasteiger partial charge in [-0.15, -0.1) is 0 Å². The lowest BCUT2D eigenvalue weighted by Gasteiger charge is -2.07. The van der Waals surface area contributed by atoms with Crippen LogP contribution < -0.4 is 0 Å². The average molecular weight is 302 g/mol. The van der Waals surface area contributed by atoms with Crippen molar-refractivity contribution in [3.63, 3.8) is 0 Å². The molecule has 0 N–H and O–H groups in total. The molecule has 124 valence electrons. The molecule has 0 aliphatic carbocycles. The van der Waals surface area contributed by atoms with Crippen LogP contribution in [0.15, 0.2) is 23.7 Å². The molecular weight excluding hydrogens is 272 g/mol. The summed E-state index contributed by atoms with van der Waals surface area (Å²) in [6.07, 6.45) is 3.47. The Balaban J connectivity index is 3.06. The topological polar surface area (TPSA) is 46.2 Å². The molecule has 0 amide bonds. The summed E-state index contributed by atoms with van der Waals surface area (Å²) >= 11 is 0. The maximum absolute atomic E-state index is 5.37. The van der Waals surface area contributed by atoms with Crippen LogP contribution in [0.2, 0.25) is 0 Å². The van der Waals surface area contributed by atoms with Crippen LogP contribution in [0.5, 0.6) is 0 Å². The Bertz CT molecular complexity index is 250. The number of allylic oxidation sites excluding steroid dienone is 2. The maximum Gasteiger partial charge on any atom is 0.111 e. The van der Waals surface area contributed by atoms with Crippen molar-refractivity contribution in [3.05, 3.63) is 23.7 Å². The largest absolute Gasteiger partial charge is 0.499 e. The summed E-state index contributed by atoms with van der Waals surface area (Å²) < 4.78 is 26.5. The quantitative estimate of drug-likeness (QED) is 0.365. The van der Waals surface area contributed by atoms with Crippen molar-refractivity contribution < 1.29 is 23.7 Å². The smallest absolute Gasteiger partial charge is 0.111 e. The number of rotatable bonds is 14. The van der Waals surface area contributed by atoms with Gasteiger partial charge in [-0.3, -0.25) is 0 Å². The van der Waals surface area contributed by atoms with Crippen molar-refractivity contribution in [1.29, 1.82) is 0 Å². The van der Waals surface area contributed by atoms with Crippen LogP contribution in [-0.4, -0.2) is 52.9 Å². The third kappa shape index (κ3) is 19.0. The molecule has 0 radical (unpaired) electrons. The Morgan fingerprint density at radius 3 is 1.10 bits per heavy atom. The average Bonchev–Trinajstić information content (AvgIpc) is 2.42. The normalized spacial score (nSPS) is 10.1. The second-order valence-corrected chi connectivity index (χ2v) is 4.97. The second kappa shape index (κ2) is 15.4. The molecule has 21 heavy (non-hydrogen) atoms. The lowest BCUT2D eigenvalue weighted by molar-refractivity contribution is 0.000312. The zero-order valence-corrected chi connectivity index (χ0v) is 13.9. The highest BCUT2D eigenvalue weighted by atomic mass is 16.6. The molecule has 0 fully saturated rings. The van der Waals surface area contributed by atoms with E-state index in [1.165, 1.54) is 0 Å². The Morgan fingerprint density at radius 2 is 0.810 bits per heavy atom. The van der Waals surface area contributed by atoms with Crippen LogP contribution in [-0.2, 0) is 23.7 Å². The first-order chi connectivity index (χ1) is 10.1. The third-order valence-corrected chi connectivity index (χ3v) is 2.07. The molecule has 0 aromatic carbocycles. The molecule has 0 aromatic heterocycles. The van der Waals surface area contributed by atoms with Crippen LogP contribution in [0.4, 0.5) is 0 Å². The highest BCUT2D eigenvalue weighted by molar-refractivity contribution is 4.86. The van der Waals surface area contributed by atoms with Crippen LogP contribution in [0.25, 0.3) is 0 Å². The molecule has 0 unspecified atom stereocenters. The van der Waals surface area contributed by atoms with Gasteiger partial charge in [-0.05, 0) is 38.8 Å². The van der Waals surface area contributed by atoms with Gasteiger partial charge >= 0.3 is 0 Å². The predicted octanol–water partition coefficient (Wildman–Crippen LogP) is 2.92. The van der Waals surface area contributed by atoms with Crippen LogP contribution in [0, 0.1) is 0 Å². The first kappa shape index (κ1) is 20.0. The maximum atomic E-state index is 5.37. The van der Waals surface area contributed by atoms with Crippen molar-refractivity contribution in [3.8, 4) is 0 Å². The summed E-state index contributed by atoms with van der Waals surface area (Å²) in [6, 6.07) is 0. The Morgan fingerprint density at radius 1 is 0.524 bits per heavy atom. The van der Waals surface area contributed by atoms with Crippen molar-refractivity contribution in [1.82, 2.24) is 0 Å². The first-order valence-corrected chi connectivity index (χ1v) is 7.36. The fraction of sp³-hybridized carbons (Fsp3) is 0.750. The summed E-state index contributed by atoms with van der Waals surface area (Å²) in [4.78, 5) is 0. The van der Waals surface area contributed by atoms with E-state index < -0.39 is 0 Å². The van der Waals surface area contributed by atoms with Gasteiger partial charge in [-0.2, -0.15) is 0 Å². The minimum absolute atomic E-state index is 0.569. The van der Waals surface area contributed by atoms with E-state index in [0.29, 0.717) is 52.9 Å². The fourth-order valence-electron chi connectivity index (χ4n) is 1.21. The molecular formula is C16H30O5. The highest BCUT2D eigenvalue weighted by Gasteiger charge is 1.92. The Kier molecular flexibility index (Phi) is 14.6. The summed E-state index contributed by atoms with van der Waals surface area (Å²) in [6.45, 7) is 12.5. The predicted molar refractivity (Wildman–Crippen MR) is 83.2 cm³/mol. The summed E-state index contributed by atoms with van der Waals surface area (Å²) in [5.74, 6) is 0. The van der Waals surface area contributed by atoms with Gasteiger partial charge in [0.05, 0.1) is 52.2 Å². The van der Waals surface area contributed by atoms with E-state index in [0.717, 1.165) is 11.1 Å². The van der Waals surface area contributed by atoms with Gasteiger partial charge in [0.1, 0.15) is 13.2 Å². The van der Waals surface area contributed by atoms with Crippen LogP contribution in [0.1, 0.15) is 27.7 Å². The number of ether oxygens (including phenoxy) is 5. The van der Waals surface area contributed by atoms with Gasteiger partial charge in [0.25, 0.3) is 0 Å². The minimum Gasteiger partial charge on any atom is -0.499 e. The van der Waals surface area contributed by atoms with E-state index in [9.17, 15) is 0 Å². The van der Waals surface area contributed by atoms with Gasteiger partial charge in [-0.1, -0.05) is 0 Å². The molecule has 0 atom stereocenters. The lowest BCUT2D eigenvalue weighted by Crippen LogP contribution is -2.12. The van der Waals surface area contributed by atoms with E-state index in [1.54, 1.807) is 12.5 Å². The first-order valence-electron chi connectivity index (χ1n) is 7.36. The van der Waals surface area contributed by atoms with Crippen molar-refractivity contribution in [2.75, 3.05) is 52.9 Å². The fourth-order valence-corrected chi connectivity index (χ4v) is 1.21. The van der Waals surface area contributed by atoms with E-state index >= 15 is 0 Å². The second-order valence-electron chi connectivity index (χ2n) is 4.97. The van der Waals surface area contributed by atoms with Crippen LogP contribution in [0.3, 0.4) is 0 Å². The SMILES string of the molecule is CC(C)=COCCOCCOCCOCCOC=C(C)C. The number of hydrogen-bond acceptors (Lipinski definition) is 5. The molecule has 5 nitrogen and oxygen atoms in total. The molecule has 0 spiro atoms. The van der Waals surface area contributed by atoms with E-state index in [2.05, 4.69) is 0 Å². The Labute approximate surface area is 128 Å². The molecule has 0 saturated carbocycles. The minimum atomic E-state index is 0.569. The van der Waals surface area contributed by atoms with Gasteiger partial charge < -0.3 is 23.7 Å². The van der Waals surface area contributed by atoms with Crippen molar-refractivity contribution in [2.24, 2.45) is 0 Å². The van der Waals surface area contributed by atoms with Gasteiger partial charge in [0, 0.05) is 0 Å². The van der Waals surface area contributed by atoms with Crippen LogP contribution >= 0.6 is 0 Å². The van der Waals surface area contributed by atoms with Crippen molar-refractivity contribution >= 4 is 0 Å². The molecule has 0 heterocycles. The summed E-state index contributed by atoms with van der Waals surface area (Å²) in [5, 5.41) is 0. The monoisotopic (exact) mass is 302 g/mol. The third-order valence-electron chi connectivity index (χ3n) is 2.07. The molecule has 0 bridgehead atoms. The van der Waals surface area contributed by atoms with Gasteiger partial charge in [0.15, 0.2) is 0 Å². The highest BCUT2D eigenvalue weighted by Crippen LogP contribution is 1.90. The Hall–Kier alpha value is -1.04. The summed E-state index contributed by atoms with van der Waals surface area (Å²) in [5.41, 5.74) is 2.29. The number of hydrogen-bond donors (Lipinski definition) is 0. The molecule has 5 heteroatoms. The molecule has 0 rings (SSSR count). The molecule has 0 aliphatic rings. The standard InChI is InChI=1S/C16H30O5/c1-15(2)13-20-11-9-18-7-5-17-6-8-19-10-12-21-14-16(3)4/h13-14H,5-12H2,1-4H3. The van der Waals surface area contributed by atoms with Gasteiger partial charge in [0.2, 0.25) is 0 Å². The molecule has 0 saturated heterocycles. The van der Waals surface area contributed by atoms with E-state index in [1.807, 2.05) is 27.7 Å². The lowest BCUT2D eigenvalue weighted by atomic mass is 10.4. The molecule has 0 aromatic rings. The van der Waals surface area contributed by atoms with Crippen molar-refractivity contribution in [2.45, 2.75) is 27.7 Å². The van der Waals surface area contributed by atoms with E-state index in [4.69, 9.17) is 23.7 Å². The zero-order chi connectivity index (χ0) is 15.8. The van der Waals surface area contributed by atoms with E-state index in [-0.39, 0.29) is 0 Å². The van der Waals surface area contributed by atoms with Gasteiger partial charge in [-0.25, -0.2) is 0 Å². The molecule has 0 aliphatic heterocycles. The zero-order valence-electron chi connectivity index (χ0n) is 13.9.